The molecule has 0 unspecified atom stereocenters. The highest BCUT2D eigenvalue weighted by molar-refractivity contribution is 6.09. The van der Waals surface area contributed by atoms with Gasteiger partial charge in [-0.15, -0.1) is 0 Å². The minimum atomic E-state index is -0.392. The van der Waals surface area contributed by atoms with Gasteiger partial charge in [-0.2, -0.15) is 5.10 Å². The van der Waals surface area contributed by atoms with Crippen molar-refractivity contribution >= 4 is 34.1 Å². The number of aromatic nitrogens is 2. The van der Waals surface area contributed by atoms with Crippen LogP contribution in [0.15, 0.2) is 70.4 Å². The highest BCUT2D eigenvalue weighted by atomic mass is 16.4. The number of anilines is 1. The summed E-state index contributed by atoms with van der Waals surface area (Å²) in [7, 11) is 0. The highest BCUT2D eigenvalue weighted by Crippen LogP contribution is 2.30. The summed E-state index contributed by atoms with van der Waals surface area (Å²) in [6.07, 6.45) is 5.40. The van der Waals surface area contributed by atoms with Crippen LogP contribution in [0, 0.1) is 6.92 Å². The predicted octanol–water partition coefficient (Wildman–Crippen LogP) is 4.25. The smallest absolute Gasteiger partial charge is 0.291 e. The van der Waals surface area contributed by atoms with Crippen LogP contribution in [0.25, 0.3) is 10.9 Å². The first-order valence-corrected chi connectivity index (χ1v) is 10.7. The second kappa shape index (κ2) is 8.66. The number of para-hydroxylation sites is 1. The second-order valence-corrected chi connectivity index (χ2v) is 7.79. The van der Waals surface area contributed by atoms with Gasteiger partial charge in [0.1, 0.15) is 11.5 Å². The number of aryl methyl sites for hydroxylation is 1. The molecule has 4 aromatic rings. The van der Waals surface area contributed by atoms with Crippen molar-refractivity contribution in [2.75, 3.05) is 5.32 Å². The lowest BCUT2D eigenvalue weighted by molar-refractivity contribution is 0.0949. The number of carbonyl (C=O) groups excluding carboxylic acids is 2. The van der Waals surface area contributed by atoms with Crippen molar-refractivity contribution in [1.82, 2.24) is 15.4 Å². The first-order chi connectivity index (χ1) is 16.1. The van der Waals surface area contributed by atoms with Crippen LogP contribution < -0.4 is 10.7 Å². The van der Waals surface area contributed by atoms with E-state index in [1.54, 1.807) is 30.6 Å². The molecule has 33 heavy (non-hydrogen) atoms. The molecule has 5 rings (SSSR count). The minimum Gasteiger partial charge on any atom is -0.455 e. The lowest BCUT2D eigenvalue weighted by Gasteiger charge is -2.13. The van der Waals surface area contributed by atoms with Crippen LogP contribution in [0.4, 0.5) is 5.69 Å². The van der Waals surface area contributed by atoms with Crippen LogP contribution in [0.2, 0.25) is 0 Å². The van der Waals surface area contributed by atoms with Crippen molar-refractivity contribution in [2.24, 2.45) is 5.10 Å². The van der Waals surface area contributed by atoms with Crippen LogP contribution in [0.5, 0.6) is 0 Å². The van der Waals surface area contributed by atoms with E-state index in [2.05, 4.69) is 25.8 Å². The SMILES string of the molecule is Cc1c(C(=O)Nc2ccncc2)oc2c1/C(=N/NC(=O)c1ccc3ccccc3n1)CCC2. The second-order valence-electron chi connectivity index (χ2n) is 7.79. The summed E-state index contributed by atoms with van der Waals surface area (Å²) in [6.45, 7) is 1.83. The zero-order chi connectivity index (χ0) is 22.8. The Balaban J connectivity index is 1.38. The fraction of sp³-hybridized carbons (Fsp3) is 0.160. The van der Waals surface area contributed by atoms with E-state index >= 15 is 0 Å². The molecule has 1 aromatic carbocycles. The van der Waals surface area contributed by atoms with E-state index in [0.717, 1.165) is 22.9 Å². The first-order valence-electron chi connectivity index (χ1n) is 10.7. The summed E-state index contributed by atoms with van der Waals surface area (Å²) in [6, 6.07) is 14.6. The van der Waals surface area contributed by atoms with Crippen LogP contribution in [0.3, 0.4) is 0 Å². The lowest BCUT2D eigenvalue weighted by Crippen LogP contribution is -2.23. The third kappa shape index (κ3) is 4.10. The fourth-order valence-electron chi connectivity index (χ4n) is 3.99. The summed E-state index contributed by atoms with van der Waals surface area (Å²) in [5, 5.41) is 8.16. The van der Waals surface area contributed by atoms with Crippen molar-refractivity contribution < 1.29 is 14.0 Å². The van der Waals surface area contributed by atoms with Crippen molar-refractivity contribution in [3.63, 3.8) is 0 Å². The number of fused-ring (bicyclic) bond motifs is 2. The maximum atomic E-state index is 12.8. The number of nitrogens with one attached hydrogen (secondary N) is 2. The predicted molar refractivity (Wildman–Crippen MR) is 124 cm³/mol. The molecule has 8 heteroatoms. The van der Waals surface area contributed by atoms with Gasteiger partial charge in [-0.25, -0.2) is 10.4 Å². The largest absolute Gasteiger partial charge is 0.455 e. The van der Waals surface area contributed by atoms with E-state index in [1.165, 1.54) is 0 Å². The van der Waals surface area contributed by atoms with E-state index in [9.17, 15) is 9.59 Å². The van der Waals surface area contributed by atoms with E-state index < -0.39 is 5.91 Å². The number of amides is 2. The zero-order valence-electron chi connectivity index (χ0n) is 18.0. The Labute approximate surface area is 189 Å². The molecule has 0 radical (unpaired) electrons. The quantitative estimate of drug-likeness (QED) is 0.462. The van der Waals surface area contributed by atoms with E-state index in [-0.39, 0.29) is 17.4 Å². The van der Waals surface area contributed by atoms with Crippen molar-refractivity contribution in [2.45, 2.75) is 26.2 Å². The van der Waals surface area contributed by atoms with Crippen LogP contribution in [-0.2, 0) is 6.42 Å². The van der Waals surface area contributed by atoms with Gasteiger partial charge in [-0.05, 0) is 44.0 Å². The van der Waals surface area contributed by atoms with Crippen molar-refractivity contribution in [3.8, 4) is 0 Å². The normalized spacial score (nSPS) is 14.2. The molecule has 3 heterocycles. The van der Waals surface area contributed by atoms with Gasteiger partial charge in [0.2, 0.25) is 0 Å². The van der Waals surface area contributed by atoms with Gasteiger partial charge in [0, 0.05) is 41.0 Å². The van der Waals surface area contributed by atoms with E-state index in [1.807, 2.05) is 37.3 Å². The number of pyridine rings is 2. The van der Waals surface area contributed by atoms with E-state index in [0.29, 0.717) is 35.6 Å². The Bertz CT molecular complexity index is 1390. The Morgan fingerprint density at radius 2 is 1.82 bits per heavy atom. The van der Waals surface area contributed by atoms with Gasteiger partial charge >= 0.3 is 0 Å². The van der Waals surface area contributed by atoms with Gasteiger partial charge in [0.15, 0.2) is 5.76 Å². The van der Waals surface area contributed by atoms with Gasteiger partial charge in [-0.1, -0.05) is 24.3 Å². The molecule has 0 fully saturated rings. The third-order valence-electron chi connectivity index (χ3n) is 5.59. The molecule has 1 aliphatic rings. The molecule has 0 saturated heterocycles. The molecule has 2 amide bonds. The summed E-state index contributed by atoms with van der Waals surface area (Å²) >= 11 is 0. The van der Waals surface area contributed by atoms with Gasteiger partial charge in [-0.3, -0.25) is 14.6 Å². The minimum absolute atomic E-state index is 0.244. The molecular formula is C25H21N5O3. The Morgan fingerprint density at radius 1 is 1.00 bits per heavy atom. The standard InChI is InChI=1S/C25H21N5O3/c1-15-22-19(29-30-24(31)20-10-9-16-5-2-3-6-18(16)28-20)7-4-8-21(22)33-23(15)25(32)27-17-11-13-26-14-12-17/h2-3,5-6,9-14H,4,7-8H2,1H3,(H,30,31)(H,26,27,32)/b29-19+. The molecular weight excluding hydrogens is 418 g/mol. The maximum Gasteiger partial charge on any atom is 0.291 e. The van der Waals surface area contributed by atoms with Crippen molar-refractivity contribution in [1.29, 1.82) is 0 Å². The summed E-state index contributed by atoms with van der Waals surface area (Å²) in [4.78, 5) is 33.8. The monoisotopic (exact) mass is 439 g/mol. The Kier molecular flexibility index (Phi) is 5.40. The molecule has 2 N–H and O–H groups in total. The lowest BCUT2D eigenvalue weighted by atomic mass is 9.93. The number of hydrogen-bond acceptors (Lipinski definition) is 6. The molecule has 0 spiro atoms. The number of benzene rings is 1. The number of rotatable bonds is 4. The van der Waals surface area contributed by atoms with Gasteiger partial charge < -0.3 is 9.73 Å². The average Bonchev–Trinajstić information content (AvgIpc) is 3.20. The molecule has 1 aliphatic carbocycles. The van der Waals surface area contributed by atoms with Gasteiger partial charge in [0.05, 0.1) is 11.2 Å². The van der Waals surface area contributed by atoms with E-state index in [4.69, 9.17) is 4.42 Å². The Morgan fingerprint density at radius 3 is 2.67 bits per heavy atom. The van der Waals surface area contributed by atoms with Crippen LogP contribution in [-0.4, -0.2) is 27.5 Å². The Hall–Kier alpha value is -4.33. The molecule has 0 saturated carbocycles. The molecule has 3 aromatic heterocycles. The van der Waals surface area contributed by atoms with Crippen LogP contribution >= 0.6 is 0 Å². The molecule has 8 nitrogen and oxygen atoms in total. The number of hydrazone groups is 1. The van der Waals surface area contributed by atoms with Crippen LogP contribution in [0.1, 0.15) is 50.8 Å². The molecule has 0 bridgehead atoms. The molecule has 0 aliphatic heterocycles. The fourth-order valence-corrected chi connectivity index (χ4v) is 3.99. The number of hydrogen-bond donors (Lipinski definition) is 2. The van der Waals surface area contributed by atoms with Gasteiger partial charge in [0.25, 0.3) is 11.8 Å². The number of carbonyl (C=O) groups is 2. The first kappa shape index (κ1) is 20.6. The summed E-state index contributed by atoms with van der Waals surface area (Å²) < 4.78 is 5.91. The maximum absolute atomic E-state index is 12.8. The van der Waals surface area contributed by atoms with Crippen molar-refractivity contribution in [3.05, 3.63) is 89.3 Å². The number of nitrogens with zero attached hydrogens (tertiary/aromatic N) is 3. The molecule has 0 atom stereocenters. The average molecular weight is 439 g/mol. The number of furan rings is 1. The third-order valence-corrected chi connectivity index (χ3v) is 5.59. The summed E-state index contributed by atoms with van der Waals surface area (Å²) in [5.41, 5.74) is 6.46. The molecule has 164 valence electrons. The summed E-state index contributed by atoms with van der Waals surface area (Å²) in [5.74, 6) is 0.221. The highest BCUT2D eigenvalue weighted by Gasteiger charge is 2.28. The topological polar surface area (TPSA) is 109 Å². The zero-order valence-corrected chi connectivity index (χ0v) is 18.0.